The Labute approximate surface area is 113 Å². The van der Waals surface area contributed by atoms with E-state index in [-0.39, 0.29) is 17.8 Å². The Balaban J connectivity index is 2.26. The van der Waals surface area contributed by atoms with E-state index in [1.54, 1.807) is 11.8 Å². The fraction of sp³-hybridized carbons (Fsp3) is 0.846. The molecule has 0 aliphatic carbocycles. The Morgan fingerprint density at radius 1 is 1.33 bits per heavy atom. The molecule has 0 unspecified atom stereocenters. The lowest BCUT2D eigenvalue weighted by molar-refractivity contribution is -0.151. The van der Waals surface area contributed by atoms with Crippen molar-refractivity contribution in [3.63, 3.8) is 0 Å². The Hall–Kier alpha value is -0.710. The van der Waals surface area contributed by atoms with Gasteiger partial charge in [-0.1, -0.05) is 0 Å². The number of carbonyl (C=O) groups excluding carboxylic acids is 2. The first-order valence-electron chi connectivity index (χ1n) is 6.62. The molecule has 1 rings (SSSR count). The third-order valence-corrected chi connectivity index (χ3v) is 3.90. The van der Waals surface area contributed by atoms with Crippen LogP contribution in [0.15, 0.2) is 0 Å². The molecular weight excluding hydrogens is 250 g/mol. The number of amides is 1. The summed E-state index contributed by atoms with van der Waals surface area (Å²) in [6, 6.07) is 0. The zero-order valence-electron chi connectivity index (χ0n) is 11.3. The Kier molecular flexibility index (Phi) is 7.16. The highest BCUT2D eigenvalue weighted by atomic mass is 32.2. The van der Waals surface area contributed by atoms with E-state index < -0.39 is 0 Å². The van der Waals surface area contributed by atoms with Crippen LogP contribution in [0.3, 0.4) is 0 Å². The van der Waals surface area contributed by atoms with Crippen molar-refractivity contribution in [2.24, 2.45) is 5.92 Å². The second-order valence-electron chi connectivity index (χ2n) is 4.50. The first kappa shape index (κ1) is 15.3. The summed E-state index contributed by atoms with van der Waals surface area (Å²) < 4.78 is 5.01. The summed E-state index contributed by atoms with van der Waals surface area (Å²) in [4.78, 5) is 25.3. The number of thioether (sulfide) groups is 1. The Morgan fingerprint density at radius 3 is 2.56 bits per heavy atom. The van der Waals surface area contributed by atoms with Gasteiger partial charge in [-0.2, -0.15) is 11.8 Å². The molecule has 18 heavy (non-hydrogen) atoms. The molecule has 0 spiro atoms. The Morgan fingerprint density at radius 2 is 2.00 bits per heavy atom. The highest BCUT2D eigenvalue weighted by molar-refractivity contribution is 7.98. The van der Waals surface area contributed by atoms with Gasteiger partial charge in [-0.25, -0.2) is 0 Å². The summed E-state index contributed by atoms with van der Waals surface area (Å²) >= 11 is 1.77. The molecule has 0 aromatic carbocycles. The van der Waals surface area contributed by atoms with Crippen LogP contribution in [0.4, 0.5) is 0 Å². The number of ether oxygens (including phenoxy) is 1. The zero-order valence-corrected chi connectivity index (χ0v) is 12.1. The molecule has 104 valence electrons. The minimum absolute atomic E-state index is 0.0137. The summed E-state index contributed by atoms with van der Waals surface area (Å²) in [5.74, 6) is 1.14. The molecule has 1 aliphatic heterocycles. The average Bonchev–Trinajstić information content (AvgIpc) is 2.39. The maximum Gasteiger partial charge on any atom is 0.309 e. The van der Waals surface area contributed by atoms with E-state index in [0.717, 1.165) is 25.0 Å². The first-order chi connectivity index (χ1) is 8.69. The number of likely N-dealkylation sites (tertiary alicyclic amines) is 1. The minimum atomic E-state index is -0.105. The third kappa shape index (κ3) is 4.88. The van der Waals surface area contributed by atoms with Crippen molar-refractivity contribution in [1.82, 2.24) is 4.90 Å². The summed E-state index contributed by atoms with van der Waals surface area (Å²) in [5.41, 5.74) is 0. The van der Waals surface area contributed by atoms with Crippen molar-refractivity contribution >= 4 is 23.6 Å². The molecular formula is C13H23NO3S. The molecule has 1 heterocycles. The largest absolute Gasteiger partial charge is 0.466 e. The molecule has 0 N–H and O–H groups in total. The van der Waals surface area contributed by atoms with E-state index in [4.69, 9.17) is 4.74 Å². The fourth-order valence-corrected chi connectivity index (χ4v) is 2.58. The minimum Gasteiger partial charge on any atom is -0.466 e. The van der Waals surface area contributed by atoms with Crippen molar-refractivity contribution in [2.45, 2.75) is 32.6 Å². The Bertz CT molecular complexity index is 275. The lowest BCUT2D eigenvalue weighted by atomic mass is 9.97. The van der Waals surface area contributed by atoms with Gasteiger partial charge in [0.25, 0.3) is 0 Å². The van der Waals surface area contributed by atoms with Gasteiger partial charge < -0.3 is 9.64 Å². The fourth-order valence-electron chi connectivity index (χ4n) is 2.15. The maximum atomic E-state index is 11.9. The molecule has 1 amide bonds. The maximum absolute atomic E-state index is 11.9. The van der Waals surface area contributed by atoms with Crippen LogP contribution in [-0.2, 0) is 14.3 Å². The molecule has 0 aromatic heterocycles. The second-order valence-corrected chi connectivity index (χ2v) is 5.49. The van der Waals surface area contributed by atoms with Crippen LogP contribution < -0.4 is 0 Å². The highest BCUT2D eigenvalue weighted by Crippen LogP contribution is 2.19. The van der Waals surface area contributed by atoms with Gasteiger partial charge in [0.2, 0.25) is 5.91 Å². The lowest BCUT2D eigenvalue weighted by Gasteiger charge is -2.31. The molecule has 5 heteroatoms. The quantitative estimate of drug-likeness (QED) is 0.548. The van der Waals surface area contributed by atoms with E-state index in [0.29, 0.717) is 26.1 Å². The van der Waals surface area contributed by atoms with Gasteiger partial charge in [-0.15, -0.1) is 0 Å². The van der Waals surface area contributed by atoms with Gasteiger partial charge in [-0.3, -0.25) is 9.59 Å². The van der Waals surface area contributed by atoms with E-state index in [1.165, 1.54) is 0 Å². The third-order valence-electron chi connectivity index (χ3n) is 3.21. The topological polar surface area (TPSA) is 46.6 Å². The summed E-state index contributed by atoms with van der Waals surface area (Å²) in [6.07, 6.45) is 5.11. The summed E-state index contributed by atoms with van der Waals surface area (Å²) in [6.45, 7) is 3.65. The van der Waals surface area contributed by atoms with Crippen molar-refractivity contribution in [3.05, 3.63) is 0 Å². The standard InChI is InChI=1S/C13H23NO3S/c1-3-17-13(16)11-6-8-14(9-7-11)12(15)5-4-10-18-2/h11H,3-10H2,1-2H3. The normalized spacial score (nSPS) is 16.7. The lowest BCUT2D eigenvalue weighted by Crippen LogP contribution is -2.40. The summed E-state index contributed by atoms with van der Waals surface area (Å²) in [5, 5.41) is 0. The van der Waals surface area contributed by atoms with Crippen LogP contribution in [0.25, 0.3) is 0 Å². The molecule has 0 saturated carbocycles. The number of hydrogen-bond acceptors (Lipinski definition) is 4. The SMILES string of the molecule is CCOC(=O)C1CCN(C(=O)CCCSC)CC1. The number of carbonyl (C=O) groups is 2. The number of nitrogens with zero attached hydrogens (tertiary/aromatic N) is 1. The summed E-state index contributed by atoms with van der Waals surface area (Å²) in [7, 11) is 0. The molecule has 1 fully saturated rings. The molecule has 0 aromatic rings. The second kappa shape index (κ2) is 8.40. The van der Waals surface area contributed by atoms with E-state index >= 15 is 0 Å². The van der Waals surface area contributed by atoms with Gasteiger partial charge in [0, 0.05) is 19.5 Å². The molecule has 0 atom stereocenters. The van der Waals surface area contributed by atoms with Crippen LogP contribution in [0, 0.1) is 5.92 Å². The van der Waals surface area contributed by atoms with Crippen LogP contribution in [0.2, 0.25) is 0 Å². The van der Waals surface area contributed by atoms with Crippen LogP contribution in [-0.4, -0.2) is 48.5 Å². The molecule has 0 bridgehead atoms. The van der Waals surface area contributed by atoms with Crippen LogP contribution in [0.5, 0.6) is 0 Å². The molecule has 0 radical (unpaired) electrons. The van der Waals surface area contributed by atoms with Gasteiger partial charge >= 0.3 is 5.97 Å². The smallest absolute Gasteiger partial charge is 0.309 e. The first-order valence-corrected chi connectivity index (χ1v) is 8.01. The molecule has 1 aliphatic rings. The van der Waals surface area contributed by atoms with Gasteiger partial charge in [0.1, 0.15) is 0 Å². The van der Waals surface area contributed by atoms with Crippen molar-refractivity contribution in [2.75, 3.05) is 31.7 Å². The van der Waals surface area contributed by atoms with E-state index in [9.17, 15) is 9.59 Å². The highest BCUT2D eigenvalue weighted by Gasteiger charge is 2.27. The van der Waals surface area contributed by atoms with Crippen LogP contribution >= 0.6 is 11.8 Å². The molecule has 4 nitrogen and oxygen atoms in total. The van der Waals surface area contributed by atoms with Gasteiger partial charge in [0.15, 0.2) is 0 Å². The van der Waals surface area contributed by atoms with Crippen molar-refractivity contribution < 1.29 is 14.3 Å². The van der Waals surface area contributed by atoms with Gasteiger partial charge in [-0.05, 0) is 38.2 Å². The number of esters is 1. The number of rotatable bonds is 6. The predicted molar refractivity (Wildman–Crippen MR) is 73.6 cm³/mol. The van der Waals surface area contributed by atoms with Crippen molar-refractivity contribution in [1.29, 1.82) is 0 Å². The van der Waals surface area contributed by atoms with Crippen LogP contribution in [0.1, 0.15) is 32.6 Å². The number of hydrogen-bond donors (Lipinski definition) is 0. The van der Waals surface area contributed by atoms with E-state index in [1.807, 2.05) is 11.8 Å². The monoisotopic (exact) mass is 273 g/mol. The molecule has 1 saturated heterocycles. The predicted octanol–water partition coefficient (Wildman–Crippen LogP) is 1.93. The van der Waals surface area contributed by atoms with E-state index in [2.05, 4.69) is 6.26 Å². The van der Waals surface area contributed by atoms with Gasteiger partial charge in [0.05, 0.1) is 12.5 Å². The zero-order chi connectivity index (χ0) is 13.4. The average molecular weight is 273 g/mol. The number of piperidine rings is 1. The van der Waals surface area contributed by atoms with Crippen molar-refractivity contribution in [3.8, 4) is 0 Å².